The van der Waals surface area contributed by atoms with Gasteiger partial charge < -0.3 is 9.80 Å². The van der Waals surface area contributed by atoms with Gasteiger partial charge in [0.1, 0.15) is 0 Å². The van der Waals surface area contributed by atoms with Gasteiger partial charge in [0.05, 0.1) is 12.5 Å². The van der Waals surface area contributed by atoms with Crippen molar-refractivity contribution in [3.05, 3.63) is 22.4 Å². The lowest BCUT2D eigenvalue weighted by Crippen LogP contribution is -2.50. The number of hydrogen-bond donors (Lipinski definition) is 0. The molecule has 1 fully saturated rings. The molecule has 21 heavy (non-hydrogen) atoms. The Morgan fingerprint density at radius 3 is 2.71 bits per heavy atom. The standard InChI is InChI=1S/C15H21N3OS2/c1-11-10-16-15(21-11)18-7-5-17(6-8-18)14(19)12(2)13-4-3-9-20-13/h3-4,9,11-12H,5-8,10H2,1-2H3/t11-,12-/m1/s1. The van der Waals surface area contributed by atoms with Crippen molar-refractivity contribution in [2.75, 3.05) is 32.7 Å². The van der Waals surface area contributed by atoms with Crippen LogP contribution in [0.1, 0.15) is 24.6 Å². The van der Waals surface area contributed by atoms with E-state index >= 15 is 0 Å². The predicted octanol–water partition coefficient (Wildman–Crippen LogP) is 2.49. The van der Waals surface area contributed by atoms with E-state index in [0.717, 1.165) is 37.6 Å². The molecule has 4 nitrogen and oxygen atoms in total. The molecule has 0 aromatic carbocycles. The molecule has 6 heteroatoms. The van der Waals surface area contributed by atoms with E-state index in [9.17, 15) is 4.79 Å². The van der Waals surface area contributed by atoms with Gasteiger partial charge in [-0.25, -0.2) is 0 Å². The summed E-state index contributed by atoms with van der Waals surface area (Å²) < 4.78 is 0. The van der Waals surface area contributed by atoms with Crippen molar-refractivity contribution in [1.29, 1.82) is 0 Å². The SMILES string of the molecule is C[C@@H]1CN=C(N2CCN(C(=O)[C@H](C)c3cccs3)CC2)S1. The molecule has 1 saturated heterocycles. The number of rotatable bonds is 2. The first kappa shape index (κ1) is 14.9. The summed E-state index contributed by atoms with van der Waals surface area (Å²) >= 11 is 3.52. The first-order valence-electron chi connectivity index (χ1n) is 7.43. The van der Waals surface area contributed by atoms with Gasteiger partial charge in [0.2, 0.25) is 5.91 Å². The highest BCUT2D eigenvalue weighted by Gasteiger charge is 2.29. The second-order valence-corrected chi connectivity index (χ2v) is 7.99. The topological polar surface area (TPSA) is 35.9 Å². The minimum absolute atomic E-state index is 0.0187. The van der Waals surface area contributed by atoms with Crippen molar-refractivity contribution in [3.63, 3.8) is 0 Å². The van der Waals surface area contributed by atoms with E-state index in [1.165, 1.54) is 5.17 Å². The molecule has 0 unspecified atom stereocenters. The largest absolute Gasteiger partial charge is 0.348 e. The molecule has 0 radical (unpaired) electrons. The number of thiophene rings is 1. The zero-order valence-electron chi connectivity index (χ0n) is 12.5. The summed E-state index contributed by atoms with van der Waals surface area (Å²) in [5.74, 6) is 0.237. The maximum atomic E-state index is 12.6. The summed E-state index contributed by atoms with van der Waals surface area (Å²) in [5.41, 5.74) is 0. The Balaban J connectivity index is 1.55. The maximum Gasteiger partial charge on any atom is 0.230 e. The Labute approximate surface area is 134 Å². The van der Waals surface area contributed by atoms with E-state index in [4.69, 9.17) is 0 Å². The van der Waals surface area contributed by atoms with Crippen LogP contribution < -0.4 is 0 Å². The van der Waals surface area contributed by atoms with Crippen LogP contribution in [0, 0.1) is 0 Å². The monoisotopic (exact) mass is 323 g/mol. The summed E-state index contributed by atoms with van der Waals surface area (Å²) in [6, 6.07) is 4.06. The molecule has 0 spiro atoms. The van der Waals surface area contributed by atoms with E-state index in [0.29, 0.717) is 5.25 Å². The average molecular weight is 323 g/mol. The van der Waals surface area contributed by atoms with Gasteiger partial charge in [-0.2, -0.15) is 0 Å². The smallest absolute Gasteiger partial charge is 0.230 e. The number of carbonyl (C=O) groups excluding carboxylic acids is 1. The lowest BCUT2D eigenvalue weighted by molar-refractivity contribution is -0.133. The van der Waals surface area contributed by atoms with Crippen LogP contribution >= 0.6 is 23.1 Å². The predicted molar refractivity (Wildman–Crippen MR) is 90.2 cm³/mol. The molecule has 3 heterocycles. The van der Waals surface area contributed by atoms with Crippen LogP contribution in [0.25, 0.3) is 0 Å². The molecule has 1 aromatic heterocycles. The van der Waals surface area contributed by atoms with E-state index < -0.39 is 0 Å². The zero-order chi connectivity index (χ0) is 14.8. The van der Waals surface area contributed by atoms with Crippen molar-refractivity contribution in [2.24, 2.45) is 4.99 Å². The van der Waals surface area contributed by atoms with Crippen LogP contribution in [-0.4, -0.2) is 58.8 Å². The van der Waals surface area contributed by atoms with Crippen molar-refractivity contribution in [2.45, 2.75) is 25.0 Å². The molecule has 0 N–H and O–H groups in total. The fraction of sp³-hybridized carbons (Fsp3) is 0.600. The Morgan fingerprint density at radius 2 is 2.14 bits per heavy atom. The molecular formula is C15H21N3OS2. The van der Waals surface area contributed by atoms with Crippen molar-refractivity contribution >= 4 is 34.2 Å². The summed E-state index contributed by atoms with van der Waals surface area (Å²) in [6.45, 7) is 8.57. The Bertz CT molecular complexity index is 521. The van der Waals surface area contributed by atoms with Crippen LogP contribution in [0.4, 0.5) is 0 Å². The molecule has 0 bridgehead atoms. The van der Waals surface area contributed by atoms with Crippen LogP contribution in [0.5, 0.6) is 0 Å². The van der Waals surface area contributed by atoms with Crippen LogP contribution in [0.2, 0.25) is 0 Å². The minimum Gasteiger partial charge on any atom is -0.348 e. The van der Waals surface area contributed by atoms with E-state index in [-0.39, 0.29) is 11.8 Å². The molecule has 2 atom stereocenters. The second kappa shape index (κ2) is 6.40. The van der Waals surface area contributed by atoms with E-state index in [1.807, 2.05) is 35.0 Å². The highest BCUT2D eigenvalue weighted by atomic mass is 32.2. The molecule has 2 aliphatic rings. The minimum atomic E-state index is -0.0187. The summed E-state index contributed by atoms with van der Waals surface area (Å²) in [6.07, 6.45) is 0. The number of carbonyl (C=O) groups is 1. The molecule has 1 aromatic rings. The molecular weight excluding hydrogens is 302 g/mol. The molecule has 1 amide bonds. The number of aliphatic imine (C=N–C) groups is 1. The summed E-state index contributed by atoms with van der Waals surface area (Å²) in [4.78, 5) is 22.6. The maximum absolute atomic E-state index is 12.6. The lowest BCUT2D eigenvalue weighted by atomic mass is 10.1. The quantitative estimate of drug-likeness (QED) is 0.839. The molecule has 0 aliphatic carbocycles. The first-order chi connectivity index (χ1) is 10.1. The third-order valence-electron chi connectivity index (χ3n) is 3.99. The number of piperazine rings is 1. The lowest BCUT2D eigenvalue weighted by Gasteiger charge is -2.36. The normalized spacial score (nSPS) is 24.1. The third-order valence-corrected chi connectivity index (χ3v) is 6.20. The van der Waals surface area contributed by atoms with Gasteiger partial charge in [0.25, 0.3) is 0 Å². The zero-order valence-corrected chi connectivity index (χ0v) is 14.1. The second-order valence-electron chi connectivity index (χ2n) is 5.60. The van der Waals surface area contributed by atoms with Gasteiger partial charge in [-0.05, 0) is 18.4 Å². The Morgan fingerprint density at radius 1 is 1.38 bits per heavy atom. The third kappa shape index (κ3) is 3.26. The van der Waals surface area contributed by atoms with Crippen molar-refractivity contribution in [3.8, 4) is 0 Å². The van der Waals surface area contributed by atoms with Crippen molar-refractivity contribution in [1.82, 2.24) is 9.80 Å². The number of amidine groups is 1. The number of nitrogens with zero attached hydrogens (tertiary/aromatic N) is 3. The molecule has 3 rings (SSSR count). The number of hydrogen-bond acceptors (Lipinski definition) is 5. The molecule has 114 valence electrons. The van der Waals surface area contributed by atoms with Crippen LogP contribution in [0.3, 0.4) is 0 Å². The Hall–Kier alpha value is -1.01. The van der Waals surface area contributed by atoms with E-state index in [1.54, 1.807) is 11.3 Å². The van der Waals surface area contributed by atoms with E-state index in [2.05, 4.69) is 22.9 Å². The fourth-order valence-corrected chi connectivity index (χ4v) is 4.45. The van der Waals surface area contributed by atoms with Gasteiger partial charge in [-0.1, -0.05) is 24.8 Å². The summed E-state index contributed by atoms with van der Waals surface area (Å²) in [7, 11) is 0. The highest BCUT2D eigenvalue weighted by molar-refractivity contribution is 8.14. The van der Waals surface area contributed by atoms with Crippen LogP contribution in [0.15, 0.2) is 22.5 Å². The van der Waals surface area contributed by atoms with Gasteiger partial charge in [-0.3, -0.25) is 9.79 Å². The highest BCUT2D eigenvalue weighted by Crippen LogP contribution is 2.26. The number of amides is 1. The molecule has 2 aliphatic heterocycles. The summed E-state index contributed by atoms with van der Waals surface area (Å²) in [5, 5.41) is 3.80. The first-order valence-corrected chi connectivity index (χ1v) is 9.19. The Kier molecular flexibility index (Phi) is 4.54. The van der Waals surface area contributed by atoms with Gasteiger partial charge in [0.15, 0.2) is 5.17 Å². The van der Waals surface area contributed by atoms with Crippen LogP contribution in [-0.2, 0) is 4.79 Å². The molecule has 0 saturated carbocycles. The number of thioether (sulfide) groups is 1. The fourth-order valence-electron chi connectivity index (χ4n) is 2.69. The van der Waals surface area contributed by atoms with Gasteiger partial charge in [-0.15, -0.1) is 11.3 Å². The van der Waals surface area contributed by atoms with Gasteiger partial charge in [0, 0.05) is 36.3 Å². The van der Waals surface area contributed by atoms with Crippen molar-refractivity contribution < 1.29 is 4.79 Å². The van der Waals surface area contributed by atoms with Gasteiger partial charge >= 0.3 is 0 Å². The average Bonchev–Trinajstić information content (AvgIpc) is 3.17.